The van der Waals surface area contributed by atoms with Gasteiger partial charge in [0.2, 0.25) is 5.17 Å². The number of benzene rings is 3. The van der Waals surface area contributed by atoms with Crippen molar-refractivity contribution in [3.05, 3.63) is 99.6 Å². The lowest BCUT2D eigenvalue weighted by molar-refractivity contribution is -0.114. The van der Waals surface area contributed by atoms with E-state index in [0.717, 1.165) is 22.4 Å². The monoisotopic (exact) mass is 558 g/mol. The van der Waals surface area contributed by atoms with E-state index in [0.29, 0.717) is 40.1 Å². The van der Waals surface area contributed by atoms with Gasteiger partial charge in [-0.1, -0.05) is 67.9 Å². The summed E-state index contributed by atoms with van der Waals surface area (Å²) in [5, 5.41) is 15.9. The van der Waals surface area contributed by atoms with E-state index in [2.05, 4.69) is 42.1 Å². The molecule has 0 radical (unpaired) electrons. The molecule has 0 saturated carbocycles. The summed E-state index contributed by atoms with van der Waals surface area (Å²) in [4.78, 5) is 16.9. The zero-order chi connectivity index (χ0) is 27.5. The molecule has 5 rings (SSSR count). The van der Waals surface area contributed by atoms with Crippen molar-refractivity contribution in [3.63, 3.8) is 0 Å². The number of hydrogen-bond acceptors (Lipinski definition) is 6. The molecule has 7 nitrogen and oxygen atoms in total. The van der Waals surface area contributed by atoms with Crippen LogP contribution in [0, 0.1) is 12.3 Å². The van der Waals surface area contributed by atoms with Gasteiger partial charge in [0.1, 0.15) is 29.8 Å². The van der Waals surface area contributed by atoms with Crippen LogP contribution >= 0.6 is 23.4 Å². The van der Waals surface area contributed by atoms with Crippen LogP contribution in [0.25, 0.3) is 6.08 Å². The topological polar surface area (TPSA) is 87.3 Å². The van der Waals surface area contributed by atoms with Crippen molar-refractivity contribution in [1.82, 2.24) is 5.01 Å². The fourth-order valence-corrected chi connectivity index (χ4v) is 5.33. The number of hydrazone groups is 1. The van der Waals surface area contributed by atoms with Crippen molar-refractivity contribution in [2.75, 3.05) is 13.2 Å². The van der Waals surface area contributed by atoms with E-state index in [-0.39, 0.29) is 11.4 Å². The molecule has 3 aromatic carbocycles. The number of carbonyl (C=O) groups is 1. The number of nitrogens with one attached hydrogen (secondary N) is 1. The maximum absolute atomic E-state index is 12.8. The second kappa shape index (κ2) is 11.5. The summed E-state index contributed by atoms with van der Waals surface area (Å²) in [5.41, 5.74) is 3.96. The summed E-state index contributed by atoms with van der Waals surface area (Å²) in [6.45, 7) is 7.16. The number of amidine groups is 2. The first-order chi connectivity index (χ1) is 18.8. The number of thioether (sulfide) groups is 1. The van der Waals surface area contributed by atoms with Crippen LogP contribution in [-0.4, -0.2) is 40.2 Å². The Hall–Kier alpha value is -3.88. The fourth-order valence-electron chi connectivity index (χ4n) is 4.12. The van der Waals surface area contributed by atoms with E-state index in [1.165, 1.54) is 22.3 Å². The zero-order valence-corrected chi connectivity index (χ0v) is 23.3. The van der Waals surface area contributed by atoms with Crippen molar-refractivity contribution in [2.24, 2.45) is 10.1 Å². The number of hydrogen-bond donors (Lipinski definition) is 1. The maximum atomic E-state index is 12.8. The first-order valence-corrected chi connectivity index (χ1v) is 13.7. The zero-order valence-electron chi connectivity index (χ0n) is 21.8. The molecule has 1 amide bonds. The number of amides is 1. The van der Waals surface area contributed by atoms with Crippen molar-refractivity contribution in [1.29, 1.82) is 5.41 Å². The molecule has 198 valence electrons. The van der Waals surface area contributed by atoms with Gasteiger partial charge < -0.3 is 9.47 Å². The van der Waals surface area contributed by atoms with Crippen LogP contribution < -0.4 is 9.47 Å². The second-order valence-electron chi connectivity index (χ2n) is 9.37. The molecule has 39 heavy (non-hydrogen) atoms. The number of halogens is 1. The minimum atomic E-state index is -0.483. The first-order valence-electron chi connectivity index (χ1n) is 12.5. The SMILES string of the molecule is Cc1ccc(C(C)C)c(OCCOc2ccc(/C=C3/C(=N)N4N=C(c5ccccc5Cl)SC4=NC3=O)cc2)c1. The maximum Gasteiger partial charge on any atom is 0.283 e. The Morgan fingerprint density at radius 2 is 1.79 bits per heavy atom. The van der Waals surface area contributed by atoms with E-state index in [1.807, 2.05) is 49.4 Å². The first kappa shape index (κ1) is 26.7. The Kier molecular flexibility index (Phi) is 7.86. The Bertz CT molecular complexity index is 1530. The van der Waals surface area contributed by atoms with Crippen LogP contribution in [0.3, 0.4) is 0 Å². The highest BCUT2D eigenvalue weighted by atomic mass is 35.5. The number of fused-ring (bicyclic) bond motifs is 1. The van der Waals surface area contributed by atoms with Gasteiger partial charge in [-0.25, -0.2) is 0 Å². The molecular weight excluding hydrogens is 532 g/mol. The normalized spacial score (nSPS) is 15.9. The third-order valence-corrected chi connectivity index (χ3v) is 7.42. The van der Waals surface area contributed by atoms with E-state index >= 15 is 0 Å². The number of aliphatic imine (C=N–C) groups is 1. The Morgan fingerprint density at radius 1 is 1.05 bits per heavy atom. The number of ether oxygens (including phenoxy) is 2. The lowest BCUT2D eigenvalue weighted by atomic mass is 10.0. The molecule has 9 heteroatoms. The van der Waals surface area contributed by atoms with Gasteiger partial charge in [-0.05, 0) is 71.6 Å². The van der Waals surface area contributed by atoms with Crippen LogP contribution in [0.4, 0.5) is 0 Å². The van der Waals surface area contributed by atoms with Gasteiger partial charge in [0.15, 0.2) is 5.84 Å². The molecule has 0 spiro atoms. The molecule has 0 atom stereocenters. The quantitative estimate of drug-likeness (QED) is 0.240. The van der Waals surface area contributed by atoms with Crippen molar-refractivity contribution < 1.29 is 14.3 Å². The summed E-state index contributed by atoms with van der Waals surface area (Å²) in [5.74, 6) is 1.43. The van der Waals surface area contributed by atoms with Crippen LogP contribution in [0.1, 0.15) is 42.0 Å². The lowest BCUT2D eigenvalue weighted by Gasteiger charge is -2.20. The minimum Gasteiger partial charge on any atom is -0.490 e. The van der Waals surface area contributed by atoms with Gasteiger partial charge in [0.25, 0.3) is 5.91 Å². The molecule has 0 fully saturated rings. The fraction of sp³-hybridized carbons (Fsp3) is 0.200. The van der Waals surface area contributed by atoms with E-state index in [4.69, 9.17) is 26.5 Å². The van der Waals surface area contributed by atoms with Crippen LogP contribution in [0.15, 0.2) is 82.4 Å². The smallest absolute Gasteiger partial charge is 0.283 e. The largest absolute Gasteiger partial charge is 0.490 e. The predicted octanol–water partition coefficient (Wildman–Crippen LogP) is 6.90. The van der Waals surface area contributed by atoms with Crippen LogP contribution in [0.5, 0.6) is 11.5 Å². The Morgan fingerprint density at radius 3 is 2.54 bits per heavy atom. The van der Waals surface area contributed by atoms with Crippen molar-refractivity contribution >= 4 is 51.4 Å². The molecule has 2 heterocycles. The summed E-state index contributed by atoms with van der Waals surface area (Å²) in [6.07, 6.45) is 1.64. The molecule has 0 unspecified atom stereocenters. The highest BCUT2D eigenvalue weighted by Crippen LogP contribution is 2.33. The predicted molar refractivity (Wildman–Crippen MR) is 158 cm³/mol. The lowest BCUT2D eigenvalue weighted by Crippen LogP contribution is -2.35. The molecule has 0 aromatic heterocycles. The molecule has 1 N–H and O–H groups in total. The summed E-state index contributed by atoms with van der Waals surface area (Å²) >= 11 is 7.52. The molecule has 2 aliphatic heterocycles. The van der Waals surface area contributed by atoms with Crippen LogP contribution in [0.2, 0.25) is 5.02 Å². The average Bonchev–Trinajstić information content (AvgIpc) is 3.34. The standard InChI is InChI=1S/C30H27ClN4O3S/c1-18(2)22-13-8-19(3)16-26(22)38-15-14-37-21-11-9-20(10-12-21)17-24-27(32)35-30(33-28(24)36)39-29(34-35)23-6-4-5-7-25(23)31/h4-13,16-18,32H,14-15H2,1-3H3/b24-17-,32-27?. The number of rotatable bonds is 8. The van der Waals surface area contributed by atoms with Gasteiger partial charge in [0.05, 0.1) is 10.6 Å². The van der Waals surface area contributed by atoms with E-state index in [9.17, 15) is 4.79 Å². The molecule has 0 aliphatic carbocycles. The summed E-state index contributed by atoms with van der Waals surface area (Å²) < 4.78 is 11.8. The minimum absolute atomic E-state index is 0.0334. The molecular formula is C30H27ClN4O3S. The summed E-state index contributed by atoms with van der Waals surface area (Å²) in [6, 6.07) is 20.9. The van der Waals surface area contributed by atoms with Crippen LogP contribution in [-0.2, 0) is 4.79 Å². The number of aryl methyl sites for hydroxylation is 1. The van der Waals surface area contributed by atoms with Gasteiger partial charge >= 0.3 is 0 Å². The van der Waals surface area contributed by atoms with Gasteiger partial charge in [-0.15, -0.1) is 0 Å². The molecule has 0 saturated heterocycles. The average molecular weight is 559 g/mol. The second-order valence-corrected chi connectivity index (χ2v) is 10.7. The van der Waals surface area contributed by atoms with Gasteiger partial charge in [-0.3, -0.25) is 10.2 Å². The summed E-state index contributed by atoms with van der Waals surface area (Å²) in [7, 11) is 0. The van der Waals surface area contributed by atoms with Crippen molar-refractivity contribution in [2.45, 2.75) is 26.7 Å². The highest BCUT2D eigenvalue weighted by molar-refractivity contribution is 8.27. The van der Waals surface area contributed by atoms with E-state index < -0.39 is 5.91 Å². The number of carbonyl (C=O) groups excluding carboxylic acids is 1. The van der Waals surface area contributed by atoms with E-state index in [1.54, 1.807) is 12.1 Å². The molecule has 3 aromatic rings. The Balaban J connectivity index is 1.22. The van der Waals surface area contributed by atoms with Gasteiger partial charge in [0, 0.05) is 5.56 Å². The third-order valence-electron chi connectivity index (χ3n) is 6.15. The van der Waals surface area contributed by atoms with Gasteiger partial charge in [-0.2, -0.15) is 15.1 Å². The molecule has 2 aliphatic rings. The highest BCUT2D eigenvalue weighted by Gasteiger charge is 2.36. The van der Waals surface area contributed by atoms with Crippen molar-refractivity contribution in [3.8, 4) is 11.5 Å². The molecule has 0 bridgehead atoms. The third kappa shape index (κ3) is 5.92. The number of nitrogens with zero attached hydrogens (tertiary/aromatic N) is 3. The Labute approximate surface area is 236 Å².